The second-order valence-corrected chi connectivity index (χ2v) is 7.50. The summed E-state index contributed by atoms with van der Waals surface area (Å²) < 4.78 is 30.1. The van der Waals surface area contributed by atoms with E-state index in [0.717, 1.165) is 49.5 Å². The van der Waals surface area contributed by atoms with Crippen LogP contribution in [0.2, 0.25) is 0 Å². The van der Waals surface area contributed by atoms with E-state index in [2.05, 4.69) is 14.8 Å². The molecular weight excluding hydrogens is 278 g/mol. The number of rotatable bonds is 5. The monoisotopic (exact) mass is 301 g/mol. The molecule has 1 aromatic rings. The normalized spacial score (nSPS) is 21.2. The molecule has 2 rings (SSSR count). The summed E-state index contributed by atoms with van der Waals surface area (Å²) in [4.78, 5) is 2.35. The fourth-order valence-electron chi connectivity index (χ4n) is 2.68. The lowest BCUT2D eigenvalue weighted by molar-refractivity contribution is 0.168. The van der Waals surface area contributed by atoms with Gasteiger partial charge >= 0.3 is 0 Å². The van der Waals surface area contributed by atoms with Gasteiger partial charge in [0, 0.05) is 25.2 Å². The van der Waals surface area contributed by atoms with Gasteiger partial charge in [-0.1, -0.05) is 5.16 Å². The number of hydrogen-bond acceptors (Lipinski definition) is 5. The molecule has 0 aromatic carbocycles. The number of aryl methyl sites for hydroxylation is 2. The van der Waals surface area contributed by atoms with Crippen LogP contribution in [0.25, 0.3) is 0 Å². The molecule has 1 fully saturated rings. The number of piperidine rings is 1. The van der Waals surface area contributed by atoms with Crippen LogP contribution in [0, 0.1) is 19.8 Å². The molecule has 0 amide bonds. The highest BCUT2D eigenvalue weighted by Gasteiger charge is 2.22. The Bertz CT molecular complexity index is 534. The van der Waals surface area contributed by atoms with Gasteiger partial charge < -0.3 is 4.52 Å². The predicted octanol–water partition coefficient (Wildman–Crippen LogP) is 1.05. The van der Waals surface area contributed by atoms with Gasteiger partial charge in [-0.25, -0.2) is 13.1 Å². The molecule has 0 saturated carbocycles. The molecular formula is C13H23N3O3S. The van der Waals surface area contributed by atoms with Crippen LogP contribution in [0.1, 0.15) is 29.9 Å². The SMILES string of the molecule is Cc1noc(C)c1CN1CCCC(CNS(C)(=O)=O)C1. The first-order valence-corrected chi connectivity index (χ1v) is 8.83. The maximum absolute atomic E-state index is 11.2. The summed E-state index contributed by atoms with van der Waals surface area (Å²) in [6.07, 6.45) is 3.37. The Balaban J connectivity index is 1.90. The predicted molar refractivity (Wildman–Crippen MR) is 76.8 cm³/mol. The summed E-state index contributed by atoms with van der Waals surface area (Å²) in [5, 5.41) is 3.98. The summed E-state index contributed by atoms with van der Waals surface area (Å²) in [5.41, 5.74) is 2.10. The van der Waals surface area contributed by atoms with Gasteiger partial charge in [0.05, 0.1) is 11.9 Å². The third-order valence-corrected chi connectivity index (χ3v) is 4.49. The molecule has 20 heavy (non-hydrogen) atoms. The molecule has 1 aliphatic heterocycles. The lowest BCUT2D eigenvalue weighted by Gasteiger charge is -2.32. The Labute approximate surface area is 120 Å². The van der Waals surface area contributed by atoms with Crippen molar-refractivity contribution < 1.29 is 12.9 Å². The molecule has 114 valence electrons. The van der Waals surface area contributed by atoms with Crippen LogP contribution in [0.3, 0.4) is 0 Å². The van der Waals surface area contributed by atoms with Gasteiger partial charge in [-0.3, -0.25) is 4.90 Å². The Morgan fingerprint density at radius 2 is 2.20 bits per heavy atom. The number of nitrogens with zero attached hydrogens (tertiary/aromatic N) is 2. The van der Waals surface area contributed by atoms with Crippen LogP contribution in [0.4, 0.5) is 0 Å². The quantitative estimate of drug-likeness (QED) is 0.880. The van der Waals surface area contributed by atoms with Crippen LogP contribution in [0.5, 0.6) is 0 Å². The van der Waals surface area contributed by atoms with Crippen molar-refractivity contribution in [2.24, 2.45) is 5.92 Å². The van der Waals surface area contributed by atoms with Gasteiger partial charge in [0.1, 0.15) is 5.76 Å². The Hall–Kier alpha value is -0.920. The van der Waals surface area contributed by atoms with Crippen LogP contribution >= 0.6 is 0 Å². The van der Waals surface area contributed by atoms with Gasteiger partial charge in [-0.05, 0) is 39.2 Å². The van der Waals surface area contributed by atoms with Crippen molar-refractivity contribution >= 4 is 10.0 Å². The van der Waals surface area contributed by atoms with E-state index in [1.54, 1.807) is 0 Å². The zero-order valence-electron chi connectivity index (χ0n) is 12.3. The Morgan fingerprint density at radius 1 is 1.45 bits per heavy atom. The second-order valence-electron chi connectivity index (χ2n) is 5.67. The first-order chi connectivity index (χ1) is 9.35. The Morgan fingerprint density at radius 3 is 2.80 bits per heavy atom. The zero-order valence-corrected chi connectivity index (χ0v) is 13.2. The van der Waals surface area contributed by atoms with Crippen LogP contribution in [-0.2, 0) is 16.6 Å². The van der Waals surface area contributed by atoms with Crippen molar-refractivity contribution in [3.63, 3.8) is 0 Å². The number of likely N-dealkylation sites (tertiary alicyclic amines) is 1. The van der Waals surface area contributed by atoms with E-state index in [4.69, 9.17) is 4.52 Å². The highest BCUT2D eigenvalue weighted by Crippen LogP contribution is 2.21. The summed E-state index contributed by atoms with van der Waals surface area (Å²) in [6, 6.07) is 0. The molecule has 1 unspecified atom stereocenters. The van der Waals surface area contributed by atoms with Crippen molar-refractivity contribution in [3.8, 4) is 0 Å². The van der Waals surface area contributed by atoms with Crippen LogP contribution in [0.15, 0.2) is 4.52 Å². The average Bonchev–Trinajstić information content (AvgIpc) is 2.68. The highest BCUT2D eigenvalue weighted by molar-refractivity contribution is 7.88. The van der Waals surface area contributed by atoms with E-state index in [1.165, 1.54) is 6.26 Å². The van der Waals surface area contributed by atoms with Crippen molar-refractivity contribution in [1.82, 2.24) is 14.8 Å². The van der Waals surface area contributed by atoms with E-state index < -0.39 is 10.0 Å². The van der Waals surface area contributed by atoms with Crippen molar-refractivity contribution in [2.45, 2.75) is 33.2 Å². The van der Waals surface area contributed by atoms with Gasteiger partial charge in [0.15, 0.2) is 0 Å². The van der Waals surface area contributed by atoms with Gasteiger partial charge in [0.25, 0.3) is 0 Å². The molecule has 7 heteroatoms. The second kappa shape index (κ2) is 6.24. The molecule has 6 nitrogen and oxygen atoms in total. The summed E-state index contributed by atoms with van der Waals surface area (Å²) in [6.45, 7) is 7.19. The van der Waals surface area contributed by atoms with Crippen molar-refractivity contribution in [3.05, 3.63) is 17.0 Å². The summed E-state index contributed by atoms with van der Waals surface area (Å²) in [5.74, 6) is 1.25. The van der Waals surface area contributed by atoms with E-state index in [1.807, 2.05) is 13.8 Å². The number of nitrogens with one attached hydrogen (secondary N) is 1. The van der Waals surface area contributed by atoms with Crippen LogP contribution in [-0.4, -0.2) is 44.4 Å². The van der Waals surface area contributed by atoms with Crippen LogP contribution < -0.4 is 4.72 Å². The number of aromatic nitrogens is 1. The van der Waals surface area contributed by atoms with Gasteiger partial charge in [-0.15, -0.1) is 0 Å². The number of sulfonamides is 1. The van der Waals surface area contributed by atoms with Gasteiger partial charge in [0.2, 0.25) is 10.0 Å². The first-order valence-electron chi connectivity index (χ1n) is 6.94. The zero-order chi connectivity index (χ0) is 14.8. The van der Waals surface area contributed by atoms with E-state index in [9.17, 15) is 8.42 Å². The summed E-state index contributed by atoms with van der Waals surface area (Å²) >= 11 is 0. The highest BCUT2D eigenvalue weighted by atomic mass is 32.2. The molecule has 1 atom stereocenters. The molecule has 2 heterocycles. The number of hydrogen-bond donors (Lipinski definition) is 1. The maximum Gasteiger partial charge on any atom is 0.208 e. The standard InChI is InChI=1S/C13H23N3O3S/c1-10-13(11(2)19-15-10)9-16-6-4-5-12(8-16)7-14-20(3,17)18/h12,14H,4-9H2,1-3H3. The average molecular weight is 301 g/mol. The molecule has 0 spiro atoms. The topological polar surface area (TPSA) is 75.4 Å². The van der Waals surface area contributed by atoms with E-state index >= 15 is 0 Å². The fourth-order valence-corrected chi connectivity index (χ4v) is 3.22. The molecule has 1 aromatic heterocycles. The molecule has 1 aliphatic rings. The third-order valence-electron chi connectivity index (χ3n) is 3.80. The smallest absolute Gasteiger partial charge is 0.208 e. The van der Waals surface area contributed by atoms with Crippen molar-refractivity contribution in [1.29, 1.82) is 0 Å². The minimum atomic E-state index is -3.10. The molecule has 1 N–H and O–H groups in total. The van der Waals surface area contributed by atoms with E-state index in [0.29, 0.717) is 12.5 Å². The summed E-state index contributed by atoms with van der Waals surface area (Å²) in [7, 11) is -3.10. The lowest BCUT2D eigenvalue weighted by Crippen LogP contribution is -2.40. The minimum Gasteiger partial charge on any atom is -0.361 e. The molecule has 1 saturated heterocycles. The van der Waals surface area contributed by atoms with Gasteiger partial charge in [-0.2, -0.15) is 0 Å². The Kier molecular flexibility index (Phi) is 4.82. The first kappa shape index (κ1) is 15.5. The molecule has 0 bridgehead atoms. The lowest BCUT2D eigenvalue weighted by atomic mass is 9.98. The molecule has 0 radical (unpaired) electrons. The third kappa shape index (κ3) is 4.29. The minimum absolute atomic E-state index is 0.374. The van der Waals surface area contributed by atoms with Crippen molar-refractivity contribution in [2.75, 3.05) is 25.9 Å². The fraction of sp³-hybridized carbons (Fsp3) is 0.769. The maximum atomic E-state index is 11.2. The van der Waals surface area contributed by atoms with E-state index in [-0.39, 0.29) is 0 Å². The molecule has 0 aliphatic carbocycles. The largest absolute Gasteiger partial charge is 0.361 e.